The van der Waals surface area contributed by atoms with Gasteiger partial charge in [0.25, 0.3) is 5.91 Å². The van der Waals surface area contributed by atoms with Crippen molar-refractivity contribution >= 4 is 46.4 Å². The number of amides is 3. The molecule has 6 saturated heterocycles. The van der Waals surface area contributed by atoms with Crippen LogP contribution in [0.15, 0.2) is 53.2 Å². The van der Waals surface area contributed by atoms with Gasteiger partial charge in [0.05, 0.1) is 30.1 Å². The zero-order valence-electron chi connectivity index (χ0n) is 49.7. The Balaban J connectivity index is 0.845. The molecule has 2 aromatic carbocycles. The number of hydrogen-bond donors (Lipinski definition) is 3. The van der Waals surface area contributed by atoms with Gasteiger partial charge in [0.15, 0.2) is 0 Å². The van der Waals surface area contributed by atoms with Gasteiger partial charge >= 0.3 is 12.1 Å². The van der Waals surface area contributed by atoms with Gasteiger partial charge in [0.1, 0.15) is 24.7 Å². The Kier molecular flexibility index (Phi) is 16.0. The van der Waals surface area contributed by atoms with E-state index in [4.69, 9.17) is 14.5 Å². The molecule has 1 spiro atoms. The van der Waals surface area contributed by atoms with E-state index in [9.17, 15) is 9.59 Å². The van der Waals surface area contributed by atoms with E-state index in [-0.39, 0.29) is 60.6 Å². The molecule has 0 radical (unpaired) electrons. The number of benzene rings is 2. The minimum atomic E-state index is -4.57. The Labute approximate surface area is 492 Å². The standard InChI is InChI=1S/C65H87F3N10O6/c1-40(83-4)54-49(32-47(34-69-54)74-28-27-73-23-8-7-15-46(73)35-74)58-50-33-63(2,3)39-84-62(82)51-16-10-24-78(72-51)60(80)52(30-41-11-9-14-44(29-41)45-19-20-53(48(50)31-45)77(58)38-65(66,67)68)70-59(79)57(43-12-5-6-13-43)75-25-21-64(36-75)22-26-76(37-64)61(81)56-55(71-56)42-17-18-42/h9,11,14,19-20,29,31,34,40,42-43,46-47,51-52,55-57,71-72H,5-8,10,12-13,15-18,21-28,30,32-33,35-39H2,1-4H3,(H,70,79)/t40-,46+,47?,51-,52-,55+,56+,57-,64-/m0/s1. The maximum absolute atomic E-state index is 15.3. The number of nitrogens with zero attached hydrogens (tertiary/aromatic N) is 7. The Morgan fingerprint density at radius 3 is 2.46 bits per heavy atom. The second-order valence-electron chi connectivity index (χ2n) is 27.7. The number of aromatic nitrogens is 1. The molecule has 1 unspecified atom stereocenters. The number of hydrazine groups is 1. The highest BCUT2D eigenvalue weighted by atomic mass is 19.4. The van der Waals surface area contributed by atoms with Crippen LogP contribution < -0.4 is 16.1 Å². The maximum atomic E-state index is 15.3. The lowest BCUT2D eigenvalue weighted by Crippen LogP contribution is -2.62. The number of piperidine rings is 1. The highest BCUT2D eigenvalue weighted by Gasteiger charge is 2.55. The first kappa shape index (κ1) is 57.9. The van der Waals surface area contributed by atoms with Gasteiger partial charge in [-0.05, 0) is 143 Å². The van der Waals surface area contributed by atoms with E-state index in [0.29, 0.717) is 72.6 Å². The van der Waals surface area contributed by atoms with Gasteiger partial charge in [-0.2, -0.15) is 13.2 Å². The van der Waals surface area contributed by atoms with Crippen molar-refractivity contribution in [3.8, 4) is 11.1 Å². The zero-order chi connectivity index (χ0) is 58.2. The molecule has 2 saturated carbocycles. The number of rotatable bonds is 11. The highest BCUT2D eigenvalue weighted by Crippen LogP contribution is 2.47. The second-order valence-corrected chi connectivity index (χ2v) is 27.7. The van der Waals surface area contributed by atoms with E-state index in [1.54, 1.807) is 13.2 Å². The number of alkyl halides is 3. The van der Waals surface area contributed by atoms with Crippen molar-refractivity contribution in [1.82, 2.24) is 45.2 Å². The fraction of sp³-hybridized carbons (Fsp3) is 0.677. The molecule has 8 fully saturated rings. The Morgan fingerprint density at radius 1 is 0.881 bits per heavy atom. The summed E-state index contributed by atoms with van der Waals surface area (Å²) in [5, 5.41) is 8.96. The minimum absolute atomic E-state index is 0.0378. The van der Waals surface area contributed by atoms with E-state index >= 15 is 22.8 Å². The number of likely N-dealkylation sites (tertiary alicyclic amines) is 2. The van der Waals surface area contributed by atoms with E-state index < -0.39 is 48.3 Å². The third-order valence-electron chi connectivity index (χ3n) is 21.0. The average molecular weight is 1160 g/mol. The van der Waals surface area contributed by atoms with Crippen LogP contribution in [0.2, 0.25) is 0 Å². The van der Waals surface area contributed by atoms with E-state index in [1.807, 2.05) is 63.4 Å². The van der Waals surface area contributed by atoms with Crippen LogP contribution in [0.5, 0.6) is 0 Å². The number of cyclic esters (lactones) is 1. The van der Waals surface area contributed by atoms with Crippen molar-refractivity contribution in [2.45, 2.75) is 185 Å². The summed E-state index contributed by atoms with van der Waals surface area (Å²) in [5.74, 6) is -0.0722. The fourth-order valence-corrected chi connectivity index (χ4v) is 16.3. The largest absolute Gasteiger partial charge is 0.464 e. The summed E-state index contributed by atoms with van der Waals surface area (Å²) in [6.45, 7) is 11.6. The number of aliphatic imine (C=N–C) groups is 1. The van der Waals surface area contributed by atoms with Gasteiger partial charge < -0.3 is 24.3 Å². The molecule has 8 aliphatic heterocycles. The highest BCUT2D eigenvalue weighted by molar-refractivity contribution is 5.96. The normalized spacial score (nSPS) is 30.9. The molecule has 10 aliphatic rings. The third kappa shape index (κ3) is 11.9. The number of carbonyl (C=O) groups excluding carboxylic acids is 4. The quantitative estimate of drug-likeness (QED) is 0.129. The van der Waals surface area contributed by atoms with E-state index in [0.717, 1.165) is 119 Å². The first-order chi connectivity index (χ1) is 40.4. The van der Waals surface area contributed by atoms with Crippen LogP contribution in [0, 0.1) is 22.7 Å². The van der Waals surface area contributed by atoms with Gasteiger partial charge in [-0.1, -0.05) is 63.4 Å². The first-order valence-corrected chi connectivity index (χ1v) is 31.8. The molecule has 2 aliphatic carbocycles. The Bertz CT molecular complexity index is 3080. The lowest BCUT2D eigenvalue weighted by molar-refractivity contribution is -0.155. The van der Waals surface area contributed by atoms with Crippen LogP contribution in [0.25, 0.3) is 27.6 Å². The number of nitrogens with one attached hydrogen (secondary N) is 3. The van der Waals surface area contributed by atoms with Crippen molar-refractivity contribution in [2.24, 2.45) is 27.7 Å². The summed E-state index contributed by atoms with van der Waals surface area (Å²) in [5.41, 5.74) is 7.75. The number of hydrogen-bond acceptors (Lipinski definition) is 12. The molecular formula is C65H87F3N10O6. The maximum Gasteiger partial charge on any atom is 0.406 e. The summed E-state index contributed by atoms with van der Waals surface area (Å²) < 4.78 is 59.6. The van der Waals surface area contributed by atoms with Crippen LogP contribution in [-0.2, 0) is 48.0 Å². The molecule has 16 nitrogen and oxygen atoms in total. The van der Waals surface area contributed by atoms with Gasteiger partial charge in [0, 0.05) is 111 Å². The van der Waals surface area contributed by atoms with Crippen molar-refractivity contribution in [3.63, 3.8) is 0 Å². The van der Waals surface area contributed by atoms with Crippen molar-refractivity contribution in [3.05, 3.63) is 65.0 Å². The number of piperazine rings is 1. The summed E-state index contributed by atoms with van der Waals surface area (Å²) in [6, 6.07) is 11.9. The summed E-state index contributed by atoms with van der Waals surface area (Å²) >= 11 is 0. The predicted molar refractivity (Wildman–Crippen MR) is 315 cm³/mol. The number of carbonyl (C=O) groups is 4. The molecule has 9 heterocycles. The SMILES string of the molecule is CO[C@@H](C)C1=C(c2c3c4cc(ccc4n2CC(F)(F)F)-c2cccc(c2)C[C@H](NC(=O)[C@H](C2CCCC2)N2CC[C@]4(CCN(C(=O)[C@@H]5N[C@@H]5C5CC5)C4)C2)C(=O)N2CCC[C@H](N2)C(=O)OCC(C)(C)C3)CC(N2CCN3CCCC[C@@H]3C2)C=N1. The average Bonchev–Trinajstić information content (AvgIpc) is 3.21. The molecule has 19 heteroatoms. The number of esters is 1. The Hall–Kier alpha value is -5.18. The monoisotopic (exact) mass is 1160 g/mol. The fourth-order valence-electron chi connectivity index (χ4n) is 16.3. The Morgan fingerprint density at radius 2 is 1.67 bits per heavy atom. The number of halogens is 3. The molecule has 6 bridgehead atoms. The van der Waals surface area contributed by atoms with E-state index in [2.05, 4.69) is 35.7 Å². The summed E-state index contributed by atoms with van der Waals surface area (Å²) in [4.78, 5) is 73.1. The first-order valence-electron chi connectivity index (χ1n) is 31.8. The number of fused-ring (bicyclic) bond motifs is 7. The van der Waals surface area contributed by atoms with Crippen LogP contribution in [0.3, 0.4) is 0 Å². The number of ether oxygens (including phenoxy) is 2. The molecule has 3 N–H and O–H groups in total. The van der Waals surface area contributed by atoms with Crippen LogP contribution in [-0.4, -0.2) is 186 Å². The van der Waals surface area contributed by atoms with Gasteiger partial charge in [0.2, 0.25) is 11.8 Å². The molecule has 84 heavy (non-hydrogen) atoms. The molecule has 3 aromatic rings. The lowest BCUT2D eigenvalue weighted by Gasteiger charge is -2.46. The van der Waals surface area contributed by atoms with Crippen LogP contribution in [0.1, 0.15) is 127 Å². The van der Waals surface area contributed by atoms with Gasteiger partial charge in [-0.25, -0.2) is 5.43 Å². The van der Waals surface area contributed by atoms with Crippen molar-refractivity contribution in [1.29, 1.82) is 0 Å². The van der Waals surface area contributed by atoms with Crippen LogP contribution >= 0.6 is 0 Å². The third-order valence-corrected chi connectivity index (χ3v) is 21.0. The topological polar surface area (TPSA) is 166 Å². The summed E-state index contributed by atoms with van der Waals surface area (Å²) in [6.07, 6.45) is 10.3. The van der Waals surface area contributed by atoms with Crippen LogP contribution in [0.4, 0.5) is 13.2 Å². The predicted octanol–water partition coefficient (Wildman–Crippen LogP) is 7.51. The van der Waals surface area contributed by atoms with E-state index in [1.165, 1.54) is 35.3 Å². The smallest absolute Gasteiger partial charge is 0.406 e. The minimum Gasteiger partial charge on any atom is -0.464 e. The molecule has 454 valence electrons. The second kappa shape index (κ2) is 23.2. The van der Waals surface area contributed by atoms with Gasteiger partial charge in [-0.15, -0.1) is 0 Å². The van der Waals surface area contributed by atoms with Crippen molar-refractivity contribution in [2.75, 3.05) is 72.6 Å². The lowest BCUT2D eigenvalue weighted by atomic mass is 9.83. The molecule has 1 aromatic heterocycles. The zero-order valence-corrected chi connectivity index (χ0v) is 49.7. The molecule has 9 atom stereocenters. The summed E-state index contributed by atoms with van der Waals surface area (Å²) in [7, 11) is 1.61. The molecule has 3 amide bonds. The molecular weight excluding hydrogens is 1070 g/mol. The van der Waals surface area contributed by atoms with Crippen molar-refractivity contribution < 1.29 is 41.8 Å². The molecule has 13 rings (SSSR count). The number of methoxy groups -OCH3 is 1. The van der Waals surface area contributed by atoms with Gasteiger partial charge in [-0.3, -0.25) is 49.2 Å².